The number of anilines is 2. The normalized spacial score (nSPS) is 13.0. The number of carbonyl (C=O) groups excluding carboxylic acids is 2. The van der Waals surface area contributed by atoms with E-state index in [2.05, 4.69) is 20.4 Å². The number of methoxy groups -OCH3 is 1. The van der Waals surface area contributed by atoms with Gasteiger partial charge >= 0.3 is 19.7 Å². The molecule has 1 heterocycles. The maximum absolute atomic E-state index is 13.4. The standard InChI is InChI=1S/C23H41N4O9P/c1-9-10-11-16(13-28)25-18-17(32-8)12-24-21(26-18)27-37(31,35-14-33-19(29)22(2,3)4)36-15-34-20(30)23(5,6)7/h12,16,28H,9-11,13-15H2,1-8H3,(H2,24,25,26,27,31)/t16-/m1/s1. The number of hydrogen-bond donors (Lipinski definition) is 3. The van der Waals surface area contributed by atoms with Crippen LogP contribution in [0, 0.1) is 10.8 Å². The van der Waals surface area contributed by atoms with E-state index in [9.17, 15) is 19.3 Å². The molecule has 0 bridgehead atoms. The smallest absolute Gasteiger partial charge is 0.440 e. The first-order valence-electron chi connectivity index (χ1n) is 12.0. The summed E-state index contributed by atoms with van der Waals surface area (Å²) in [5.41, 5.74) is -1.63. The summed E-state index contributed by atoms with van der Waals surface area (Å²) in [6.07, 6.45) is 3.85. The lowest BCUT2D eigenvalue weighted by Crippen LogP contribution is -2.26. The van der Waals surface area contributed by atoms with Crippen LogP contribution >= 0.6 is 7.75 Å². The maximum atomic E-state index is 13.4. The van der Waals surface area contributed by atoms with Gasteiger partial charge in [-0.3, -0.25) is 23.7 Å². The number of unbranched alkanes of at least 4 members (excludes halogenated alkanes) is 1. The monoisotopic (exact) mass is 548 g/mol. The molecule has 0 radical (unpaired) electrons. The zero-order chi connectivity index (χ0) is 28.3. The highest BCUT2D eigenvalue weighted by atomic mass is 31.2. The molecule has 1 aromatic heterocycles. The summed E-state index contributed by atoms with van der Waals surface area (Å²) in [6.45, 7) is 10.4. The van der Waals surface area contributed by atoms with Gasteiger partial charge in [0.15, 0.2) is 11.6 Å². The lowest BCUT2D eigenvalue weighted by Gasteiger charge is -2.23. The summed E-state index contributed by atoms with van der Waals surface area (Å²) >= 11 is 0. The third-order valence-electron chi connectivity index (χ3n) is 4.73. The minimum absolute atomic E-state index is 0.140. The quantitative estimate of drug-likeness (QED) is 0.163. The second kappa shape index (κ2) is 14.5. The van der Waals surface area contributed by atoms with Crippen molar-refractivity contribution in [1.82, 2.24) is 9.97 Å². The van der Waals surface area contributed by atoms with E-state index in [1.165, 1.54) is 13.3 Å². The molecule has 0 spiro atoms. The van der Waals surface area contributed by atoms with Gasteiger partial charge in [0.2, 0.25) is 19.5 Å². The molecule has 13 nitrogen and oxygen atoms in total. The Morgan fingerprint density at radius 1 is 1.05 bits per heavy atom. The summed E-state index contributed by atoms with van der Waals surface area (Å²) < 4.78 is 39.2. The molecule has 0 aliphatic rings. The molecule has 1 atom stereocenters. The molecule has 0 unspecified atom stereocenters. The molecule has 1 rings (SSSR count). The fourth-order valence-electron chi connectivity index (χ4n) is 2.49. The van der Waals surface area contributed by atoms with E-state index in [-0.39, 0.29) is 30.2 Å². The lowest BCUT2D eigenvalue weighted by molar-refractivity contribution is -0.161. The van der Waals surface area contributed by atoms with Crippen molar-refractivity contribution in [1.29, 1.82) is 0 Å². The molecule has 37 heavy (non-hydrogen) atoms. The Balaban J connectivity index is 3.09. The van der Waals surface area contributed by atoms with Crippen molar-refractivity contribution < 1.29 is 42.5 Å². The highest BCUT2D eigenvalue weighted by molar-refractivity contribution is 7.55. The molecule has 212 valence electrons. The van der Waals surface area contributed by atoms with Crippen molar-refractivity contribution in [2.45, 2.75) is 73.8 Å². The van der Waals surface area contributed by atoms with E-state index >= 15 is 0 Å². The highest BCUT2D eigenvalue weighted by Gasteiger charge is 2.31. The van der Waals surface area contributed by atoms with Crippen LogP contribution in [-0.2, 0) is 32.7 Å². The largest absolute Gasteiger partial charge is 0.491 e. The SMILES string of the molecule is CCCC[C@H](CO)Nc1nc(NP(=O)(OCOC(=O)C(C)(C)C)OCOC(=O)C(C)(C)C)ncc1OC. The predicted octanol–water partition coefficient (Wildman–Crippen LogP) is 4.10. The Morgan fingerprint density at radius 3 is 2.03 bits per heavy atom. The molecule has 3 N–H and O–H groups in total. The Morgan fingerprint density at radius 2 is 1.59 bits per heavy atom. The minimum Gasteiger partial charge on any atom is -0.491 e. The molecule has 0 amide bonds. The van der Waals surface area contributed by atoms with Crippen LogP contribution in [0.5, 0.6) is 5.75 Å². The molecular weight excluding hydrogens is 507 g/mol. The number of aliphatic hydroxyl groups is 1. The van der Waals surface area contributed by atoms with Crippen LogP contribution in [0.2, 0.25) is 0 Å². The topological polar surface area (TPSA) is 167 Å². The van der Waals surface area contributed by atoms with Crippen LogP contribution in [0.4, 0.5) is 11.8 Å². The van der Waals surface area contributed by atoms with E-state index in [1.807, 2.05) is 6.92 Å². The number of aliphatic hydroxyl groups excluding tert-OH is 1. The summed E-state index contributed by atoms with van der Waals surface area (Å²) in [6, 6.07) is -0.301. The maximum Gasteiger partial charge on any atom is 0.440 e. The number of rotatable bonds is 15. The molecular formula is C23H41N4O9P. The van der Waals surface area contributed by atoms with Crippen LogP contribution < -0.4 is 15.1 Å². The average molecular weight is 549 g/mol. The first kappa shape index (κ1) is 32.6. The molecule has 0 aromatic carbocycles. The van der Waals surface area contributed by atoms with Crippen molar-refractivity contribution in [3.05, 3.63) is 6.20 Å². The molecule has 0 aliphatic heterocycles. The van der Waals surface area contributed by atoms with Gasteiger partial charge < -0.3 is 24.6 Å². The van der Waals surface area contributed by atoms with Crippen molar-refractivity contribution in [3.63, 3.8) is 0 Å². The van der Waals surface area contributed by atoms with Crippen molar-refractivity contribution in [3.8, 4) is 5.75 Å². The van der Waals surface area contributed by atoms with E-state index in [4.69, 9.17) is 23.3 Å². The van der Waals surface area contributed by atoms with Crippen LogP contribution in [0.25, 0.3) is 0 Å². The van der Waals surface area contributed by atoms with E-state index in [1.54, 1.807) is 41.5 Å². The van der Waals surface area contributed by atoms with Gasteiger partial charge in [0.05, 0.1) is 36.8 Å². The molecule has 0 aliphatic carbocycles. The highest BCUT2D eigenvalue weighted by Crippen LogP contribution is 2.47. The van der Waals surface area contributed by atoms with Gasteiger partial charge in [-0.15, -0.1) is 0 Å². The van der Waals surface area contributed by atoms with Crippen molar-refractivity contribution >= 4 is 31.5 Å². The molecule has 0 fully saturated rings. The second-order valence-corrected chi connectivity index (χ2v) is 12.0. The first-order chi connectivity index (χ1) is 17.1. The molecule has 1 aromatic rings. The minimum atomic E-state index is -4.31. The number of hydrogen-bond acceptors (Lipinski definition) is 12. The Kier molecular flexibility index (Phi) is 12.7. The number of carbonyl (C=O) groups is 2. The fraction of sp³-hybridized carbons (Fsp3) is 0.739. The van der Waals surface area contributed by atoms with Gasteiger partial charge in [-0.2, -0.15) is 4.98 Å². The Hall–Kier alpha value is -2.47. The van der Waals surface area contributed by atoms with Crippen LogP contribution in [0.15, 0.2) is 6.20 Å². The third kappa shape index (κ3) is 11.6. The summed E-state index contributed by atoms with van der Waals surface area (Å²) in [4.78, 5) is 32.4. The van der Waals surface area contributed by atoms with Gasteiger partial charge in [0.25, 0.3) is 0 Å². The molecule has 0 saturated heterocycles. The number of nitrogens with one attached hydrogen (secondary N) is 2. The summed E-state index contributed by atoms with van der Waals surface area (Å²) in [5, 5.41) is 15.2. The molecule has 0 saturated carbocycles. The van der Waals surface area contributed by atoms with Crippen LogP contribution in [0.3, 0.4) is 0 Å². The zero-order valence-electron chi connectivity index (χ0n) is 23.0. The van der Waals surface area contributed by atoms with E-state index in [0.29, 0.717) is 6.42 Å². The van der Waals surface area contributed by atoms with Crippen LogP contribution in [0.1, 0.15) is 67.7 Å². The van der Waals surface area contributed by atoms with Gasteiger partial charge in [-0.05, 0) is 48.0 Å². The zero-order valence-corrected chi connectivity index (χ0v) is 23.8. The van der Waals surface area contributed by atoms with Gasteiger partial charge in [0.1, 0.15) is 0 Å². The van der Waals surface area contributed by atoms with E-state index in [0.717, 1.165) is 12.8 Å². The van der Waals surface area contributed by atoms with Crippen molar-refractivity contribution in [2.24, 2.45) is 10.8 Å². The fourth-order valence-corrected chi connectivity index (χ4v) is 3.43. The second-order valence-electron chi connectivity index (χ2n) is 10.2. The van der Waals surface area contributed by atoms with Gasteiger partial charge in [-0.1, -0.05) is 19.8 Å². The summed E-state index contributed by atoms with van der Waals surface area (Å²) in [5.74, 6) is -0.835. The predicted molar refractivity (Wildman–Crippen MR) is 137 cm³/mol. The Labute approximate surface area is 218 Å². The molecule has 14 heteroatoms. The van der Waals surface area contributed by atoms with Gasteiger partial charge in [-0.25, -0.2) is 9.55 Å². The third-order valence-corrected chi connectivity index (χ3v) is 6.09. The summed E-state index contributed by atoms with van der Waals surface area (Å²) in [7, 11) is -2.88. The number of esters is 2. The van der Waals surface area contributed by atoms with Gasteiger partial charge in [0, 0.05) is 0 Å². The lowest BCUT2D eigenvalue weighted by atomic mass is 9.98. The number of aromatic nitrogens is 2. The van der Waals surface area contributed by atoms with Crippen LogP contribution in [-0.4, -0.2) is 60.4 Å². The van der Waals surface area contributed by atoms with E-state index < -0.39 is 44.1 Å². The number of nitrogens with zero attached hydrogens (tertiary/aromatic N) is 2. The Bertz CT molecular complexity index is 896. The number of ether oxygens (including phenoxy) is 3. The average Bonchev–Trinajstić information content (AvgIpc) is 2.80. The van der Waals surface area contributed by atoms with Crippen molar-refractivity contribution in [2.75, 3.05) is 37.7 Å². The first-order valence-corrected chi connectivity index (χ1v) is 13.5.